The number of halogens is 1. The molecule has 0 spiro atoms. The van der Waals surface area contributed by atoms with Gasteiger partial charge in [-0.05, 0) is 30.5 Å². The normalized spacial score (nSPS) is 17.7. The van der Waals surface area contributed by atoms with E-state index in [0.29, 0.717) is 5.02 Å². The molecule has 23 heavy (non-hydrogen) atoms. The molecule has 0 heterocycles. The van der Waals surface area contributed by atoms with Gasteiger partial charge >= 0.3 is 0 Å². The van der Waals surface area contributed by atoms with Gasteiger partial charge in [-0.2, -0.15) is 0 Å². The third-order valence-corrected chi connectivity index (χ3v) is 4.95. The predicted octanol–water partition coefficient (Wildman–Crippen LogP) is 2.77. The zero-order valence-corrected chi connectivity index (χ0v) is 14.8. The molecule has 1 aromatic carbocycles. The summed E-state index contributed by atoms with van der Waals surface area (Å²) in [6, 6.07) is 6.46. The van der Waals surface area contributed by atoms with E-state index in [4.69, 9.17) is 11.6 Å². The molecule has 0 unspecified atom stereocenters. The Kier molecular flexibility index (Phi) is 6.44. The highest BCUT2D eigenvalue weighted by molar-refractivity contribution is 7.88. The van der Waals surface area contributed by atoms with Crippen molar-refractivity contribution in [3.63, 3.8) is 0 Å². The average molecular weight is 359 g/mol. The minimum Gasteiger partial charge on any atom is -0.353 e. The standard InChI is InChI=1S/C16H23ClN2O3S/c1-23(21,22)19-15(12-7-9-13(17)10-8-12)11-16(20)18-14-5-3-2-4-6-14/h7-10,14-15,19H,2-6,11H2,1H3,(H,18,20)/t15-/m0/s1. The number of hydrogen-bond donors (Lipinski definition) is 2. The molecular formula is C16H23ClN2O3S. The lowest BCUT2D eigenvalue weighted by molar-refractivity contribution is -0.122. The summed E-state index contributed by atoms with van der Waals surface area (Å²) in [5.41, 5.74) is 0.721. The average Bonchev–Trinajstić information content (AvgIpc) is 2.47. The molecule has 0 radical (unpaired) electrons. The largest absolute Gasteiger partial charge is 0.353 e. The van der Waals surface area contributed by atoms with Crippen LogP contribution < -0.4 is 10.0 Å². The molecule has 0 aliphatic heterocycles. The van der Waals surface area contributed by atoms with Crippen molar-refractivity contribution in [1.29, 1.82) is 0 Å². The number of nitrogens with one attached hydrogen (secondary N) is 2. The maximum absolute atomic E-state index is 12.3. The molecule has 0 bridgehead atoms. The zero-order chi connectivity index (χ0) is 16.9. The molecule has 1 amide bonds. The Labute approximate surface area is 142 Å². The van der Waals surface area contributed by atoms with Crippen molar-refractivity contribution in [1.82, 2.24) is 10.0 Å². The van der Waals surface area contributed by atoms with Gasteiger partial charge in [0, 0.05) is 17.5 Å². The lowest BCUT2D eigenvalue weighted by Gasteiger charge is -2.24. The number of amides is 1. The van der Waals surface area contributed by atoms with Gasteiger partial charge in [-0.15, -0.1) is 0 Å². The van der Waals surface area contributed by atoms with E-state index in [-0.39, 0.29) is 18.4 Å². The highest BCUT2D eigenvalue weighted by Crippen LogP contribution is 2.22. The van der Waals surface area contributed by atoms with E-state index in [2.05, 4.69) is 10.0 Å². The number of carbonyl (C=O) groups excluding carboxylic acids is 1. The van der Waals surface area contributed by atoms with E-state index >= 15 is 0 Å². The summed E-state index contributed by atoms with van der Waals surface area (Å²) in [5, 5.41) is 3.58. The van der Waals surface area contributed by atoms with Crippen LogP contribution in [0.25, 0.3) is 0 Å². The van der Waals surface area contributed by atoms with Gasteiger partial charge in [0.25, 0.3) is 0 Å². The van der Waals surface area contributed by atoms with E-state index in [9.17, 15) is 13.2 Å². The van der Waals surface area contributed by atoms with Crippen LogP contribution in [0, 0.1) is 0 Å². The first-order valence-electron chi connectivity index (χ1n) is 7.85. The Morgan fingerprint density at radius 1 is 1.22 bits per heavy atom. The number of hydrogen-bond acceptors (Lipinski definition) is 3. The van der Waals surface area contributed by atoms with Gasteiger partial charge < -0.3 is 5.32 Å². The minimum atomic E-state index is -3.42. The lowest BCUT2D eigenvalue weighted by atomic mass is 9.95. The first-order chi connectivity index (χ1) is 10.8. The Bertz CT molecular complexity index is 625. The van der Waals surface area contributed by atoms with Gasteiger partial charge in [-0.25, -0.2) is 13.1 Å². The maximum Gasteiger partial charge on any atom is 0.222 e. The molecule has 1 aliphatic rings. The first kappa shape index (κ1) is 18.2. The molecule has 2 N–H and O–H groups in total. The van der Waals surface area contributed by atoms with Crippen LogP contribution >= 0.6 is 11.6 Å². The summed E-state index contributed by atoms with van der Waals surface area (Å²) in [6.45, 7) is 0. The fourth-order valence-corrected chi connectivity index (χ4v) is 3.76. The van der Waals surface area contributed by atoms with Gasteiger partial charge in [-0.1, -0.05) is 43.0 Å². The van der Waals surface area contributed by atoms with Crippen LogP contribution in [0.4, 0.5) is 0 Å². The Morgan fingerprint density at radius 2 is 1.83 bits per heavy atom. The highest BCUT2D eigenvalue weighted by Gasteiger charge is 2.22. The molecule has 2 rings (SSSR count). The van der Waals surface area contributed by atoms with Crippen molar-refractivity contribution in [3.8, 4) is 0 Å². The third kappa shape index (κ3) is 6.49. The molecule has 7 heteroatoms. The van der Waals surface area contributed by atoms with Gasteiger partial charge in [-0.3, -0.25) is 4.79 Å². The van der Waals surface area contributed by atoms with Gasteiger partial charge in [0.2, 0.25) is 15.9 Å². The van der Waals surface area contributed by atoms with E-state index in [1.807, 2.05) is 0 Å². The van der Waals surface area contributed by atoms with Gasteiger partial charge in [0.15, 0.2) is 0 Å². The molecule has 1 fully saturated rings. The number of carbonyl (C=O) groups is 1. The van der Waals surface area contributed by atoms with E-state index in [0.717, 1.165) is 37.5 Å². The van der Waals surface area contributed by atoms with E-state index in [1.54, 1.807) is 24.3 Å². The first-order valence-corrected chi connectivity index (χ1v) is 10.1. The molecule has 0 aromatic heterocycles. The van der Waals surface area contributed by atoms with E-state index < -0.39 is 16.1 Å². The Balaban J connectivity index is 2.04. The van der Waals surface area contributed by atoms with Crippen LogP contribution in [0.5, 0.6) is 0 Å². The van der Waals surface area contributed by atoms with Crippen LogP contribution in [-0.4, -0.2) is 26.6 Å². The fraction of sp³-hybridized carbons (Fsp3) is 0.562. The Hall–Kier alpha value is -1.11. The molecule has 5 nitrogen and oxygen atoms in total. The van der Waals surface area contributed by atoms with Gasteiger partial charge in [0.1, 0.15) is 0 Å². The second-order valence-corrected chi connectivity index (χ2v) is 8.32. The molecule has 1 saturated carbocycles. The topological polar surface area (TPSA) is 75.3 Å². The van der Waals surface area contributed by atoms with Crippen molar-refractivity contribution in [2.24, 2.45) is 0 Å². The van der Waals surface area contributed by atoms with Crippen molar-refractivity contribution in [3.05, 3.63) is 34.9 Å². The summed E-state index contributed by atoms with van der Waals surface area (Å²) in [5.74, 6) is -0.131. The van der Waals surface area contributed by atoms with Crippen molar-refractivity contribution >= 4 is 27.5 Å². The number of benzene rings is 1. The Morgan fingerprint density at radius 3 is 2.39 bits per heavy atom. The maximum atomic E-state index is 12.3. The van der Waals surface area contributed by atoms with Crippen molar-refractivity contribution in [2.75, 3.05) is 6.26 Å². The van der Waals surface area contributed by atoms with Crippen LogP contribution in [0.3, 0.4) is 0 Å². The number of sulfonamides is 1. The molecule has 1 aromatic rings. The van der Waals surface area contributed by atoms with Gasteiger partial charge in [0.05, 0.1) is 12.3 Å². The monoisotopic (exact) mass is 358 g/mol. The molecular weight excluding hydrogens is 336 g/mol. The number of rotatable bonds is 6. The third-order valence-electron chi connectivity index (χ3n) is 3.99. The molecule has 128 valence electrons. The fourth-order valence-electron chi connectivity index (χ4n) is 2.90. The van der Waals surface area contributed by atoms with Crippen LogP contribution in [0.1, 0.15) is 50.1 Å². The lowest BCUT2D eigenvalue weighted by Crippen LogP contribution is -2.39. The summed E-state index contributed by atoms with van der Waals surface area (Å²) in [6.07, 6.45) is 6.64. The predicted molar refractivity (Wildman–Crippen MR) is 91.8 cm³/mol. The molecule has 1 aliphatic carbocycles. The van der Waals surface area contributed by atoms with Crippen LogP contribution in [0.2, 0.25) is 5.02 Å². The molecule has 1 atom stereocenters. The summed E-state index contributed by atoms with van der Waals surface area (Å²) in [4.78, 5) is 12.3. The van der Waals surface area contributed by atoms with Crippen LogP contribution in [-0.2, 0) is 14.8 Å². The van der Waals surface area contributed by atoms with Crippen LogP contribution in [0.15, 0.2) is 24.3 Å². The highest BCUT2D eigenvalue weighted by atomic mass is 35.5. The SMILES string of the molecule is CS(=O)(=O)N[C@@H](CC(=O)NC1CCCCC1)c1ccc(Cl)cc1. The summed E-state index contributed by atoms with van der Waals surface area (Å²) >= 11 is 5.87. The second kappa shape index (κ2) is 8.13. The van der Waals surface area contributed by atoms with Crippen molar-refractivity contribution in [2.45, 2.75) is 50.6 Å². The zero-order valence-electron chi connectivity index (χ0n) is 13.2. The summed E-state index contributed by atoms with van der Waals surface area (Å²) < 4.78 is 25.7. The smallest absolute Gasteiger partial charge is 0.222 e. The molecule has 0 saturated heterocycles. The van der Waals surface area contributed by atoms with Crippen molar-refractivity contribution < 1.29 is 13.2 Å². The second-order valence-electron chi connectivity index (χ2n) is 6.10. The van der Waals surface area contributed by atoms with E-state index in [1.165, 1.54) is 6.42 Å². The summed E-state index contributed by atoms with van der Waals surface area (Å²) in [7, 11) is -3.42. The quantitative estimate of drug-likeness (QED) is 0.821. The minimum absolute atomic E-state index is 0.0746.